The van der Waals surface area contributed by atoms with Gasteiger partial charge in [0, 0.05) is 0 Å². The Morgan fingerprint density at radius 2 is 1.67 bits per heavy atom. The average Bonchev–Trinajstić information content (AvgIpc) is 0.811. The van der Waals surface area contributed by atoms with Crippen molar-refractivity contribution >= 4 is 52.7 Å². The summed E-state index contributed by atoms with van der Waals surface area (Å²) >= 11 is 1.08. The van der Waals surface area contributed by atoms with E-state index in [1.165, 1.54) is 0 Å². The summed E-state index contributed by atoms with van der Waals surface area (Å²) in [6, 6.07) is 0. The van der Waals surface area contributed by atoms with Crippen molar-refractivity contribution in [2.75, 3.05) is 0 Å². The number of carboxylic acid groups (broad SMARTS) is 1. The Hall–Kier alpha value is 0.921. The van der Waals surface area contributed by atoms with Crippen LogP contribution in [0.4, 0.5) is 4.79 Å². The van der Waals surface area contributed by atoms with Crippen LogP contribution in [0.2, 0.25) is 0 Å². The zero-order chi connectivity index (χ0) is 3.58. The van der Waals surface area contributed by atoms with Crippen LogP contribution < -0.4 is 0 Å². The molecule has 2 nitrogen and oxygen atoms in total. The van der Waals surface area contributed by atoms with Crippen molar-refractivity contribution in [1.29, 1.82) is 0 Å². The standard InChI is InChI=1S/CH2AsO2.GeH2.H2S/c2-1(3)4;;/h2H,(H,3,4);2*1H2/p-1. The molecule has 3 radical (unpaired) electrons. The van der Waals surface area contributed by atoms with E-state index in [0.717, 1.165) is 16.9 Å². The second-order valence-corrected chi connectivity index (χ2v) is 1.20. The summed E-state index contributed by atoms with van der Waals surface area (Å²) < 4.78 is -0.833. The largest absolute Gasteiger partial charge is 0.813 e. The van der Waals surface area contributed by atoms with E-state index in [-0.39, 0.29) is 31.1 Å². The van der Waals surface area contributed by atoms with Crippen LogP contribution in [0.5, 0.6) is 0 Å². The van der Waals surface area contributed by atoms with Crippen LogP contribution in [0.25, 0.3) is 0 Å². The summed E-state index contributed by atoms with van der Waals surface area (Å²) in [5.41, 5.74) is 0. The average molecular weight is 229 g/mol. The first-order valence-electron chi connectivity index (χ1n) is 0.678. The molecule has 0 fully saturated rings. The maximum Gasteiger partial charge on any atom is -0.813 e. The predicted molar refractivity (Wildman–Crippen MR) is 32.5 cm³/mol. The van der Waals surface area contributed by atoms with Gasteiger partial charge in [-0.1, -0.05) is 0 Å². The van der Waals surface area contributed by atoms with Crippen LogP contribution in [0.15, 0.2) is 0 Å². The van der Waals surface area contributed by atoms with Crippen LogP contribution >= 0.6 is 0 Å². The summed E-state index contributed by atoms with van der Waals surface area (Å²) in [5.74, 6) is 0. The fraction of sp³-hybridized carbons (Fsp3) is 0. The molecule has 0 aliphatic rings. The fourth-order valence-electron chi connectivity index (χ4n) is 0. The van der Waals surface area contributed by atoms with Gasteiger partial charge in [0.1, 0.15) is 0 Å². The minimum Gasteiger partial charge on any atom is -0.813 e. The maximum atomic E-state index is 9.00. The van der Waals surface area contributed by atoms with E-state index in [1.54, 1.807) is 0 Å². The molecule has 6 heavy (non-hydrogen) atoms. The van der Waals surface area contributed by atoms with E-state index < -0.39 is 4.76 Å². The van der Waals surface area contributed by atoms with Crippen molar-refractivity contribution in [3.63, 3.8) is 0 Å². The molecule has 0 bridgehead atoms. The van der Waals surface area contributed by atoms with E-state index in [2.05, 4.69) is 0 Å². The first-order chi connectivity index (χ1) is 1.73. The molecule has 0 aliphatic carbocycles. The molecule has 0 aromatic rings. The molecule has 0 aromatic heterocycles. The van der Waals surface area contributed by atoms with Gasteiger partial charge < -0.3 is 13.5 Å². The van der Waals surface area contributed by atoms with Gasteiger partial charge in [-0.15, -0.1) is 0 Å². The van der Waals surface area contributed by atoms with Gasteiger partial charge in [-0.05, 0) is 0 Å². The number of carbonyl (C=O) groups is 1. The molecule has 0 atom stereocenters. The molecule has 1 N–H and O–H groups in total. The number of thiol groups is 1. The van der Waals surface area contributed by atoms with Gasteiger partial charge in [0.15, 0.2) is 0 Å². The Labute approximate surface area is 62.6 Å². The van der Waals surface area contributed by atoms with E-state index >= 15 is 0 Å². The summed E-state index contributed by atoms with van der Waals surface area (Å²) in [4.78, 5) is 9.00. The topological polar surface area (TPSA) is 37.3 Å². The van der Waals surface area contributed by atoms with Gasteiger partial charge in [0.05, 0.1) is 0 Å². The molecule has 5 heteroatoms. The summed E-state index contributed by atoms with van der Waals surface area (Å²) in [7, 11) is 0. The number of rotatable bonds is 0. The summed E-state index contributed by atoms with van der Waals surface area (Å²) in [6.45, 7) is 0. The van der Waals surface area contributed by atoms with Crippen LogP contribution in [-0.4, -0.2) is 44.3 Å². The molecular formula is CH5AsGeO2S-. The van der Waals surface area contributed by atoms with Crippen molar-refractivity contribution in [3.05, 3.63) is 0 Å². The van der Waals surface area contributed by atoms with E-state index in [9.17, 15) is 0 Å². The predicted octanol–water partition coefficient (Wildman–Crippen LogP) is -1.62. The van der Waals surface area contributed by atoms with Gasteiger partial charge in [-0.25, -0.2) is 0 Å². The second kappa shape index (κ2) is 9.33. The smallest absolute Gasteiger partial charge is 0.813 e. The molecule has 0 aliphatic heterocycles. The van der Waals surface area contributed by atoms with Gasteiger partial charge in [-0.3, -0.25) is 0 Å². The molecule has 0 saturated carbocycles. The summed E-state index contributed by atoms with van der Waals surface area (Å²) in [5, 5.41) is 7.42. The monoisotopic (exact) mass is 230 g/mol. The van der Waals surface area contributed by atoms with Gasteiger partial charge in [0.25, 0.3) is 0 Å². The van der Waals surface area contributed by atoms with Crippen molar-refractivity contribution in [3.8, 4) is 0 Å². The van der Waals surface area contributed by atoms with Crippen molar-refractivity contribution < 1.29 is 9.90 Å². The Bertz CT molecular complexity index is 36.5. The third-order valence-corrected chi connectivity index (χ3v) is 0. The van der Waals surface area contributed by atoms with E-state index in [1.807, 2.05) is 0 Å². The molecule has 0 saturated heterocycles. The Morgan fingerprint density at radius 1 is 1.67 bits per heavy atom. The zero-order valence-corrected chi connectivity index (χ0v) is 8.97. The van der Waals surface area contributed by atoms with Crippen LogP contribution in [0.3, 0.4) is 0 Å². The van der Waals surface area contributed by atoms with Crippen molar-refractivity contribution in [1.82, 2.24) is 0 Å². The normalized spacial score (nSPS) is 4.17. The third-order valence-electron chi connectivity index (χ3n) is 0. The molecule has 0 aromatic carbocycles. The summed E-state index contributed by atoms with van der Waals surface area (Å²) in [6.07, 6.45) is 0. The van der Waals surface area contributed by atoms with Gasteiger partial charge in [0.2, 0.25) is 0 Å². The zero-order valence-electron chi connectivity index (χ0n) is 3.01. The van der Waals surface area contributed by atoms with Gasteiger partial charge in [-0.2, -0.15) is 0 Å². The maximum absolute atomic E-state index is 9.00. The molecule has 0 unspecified atom stereocenters. The van der Waals surface area contributed by atoms with E-state index in [4.69, 9.17) is 9.90 Å². The third kappa shape index (κ3) is 89.2. The molecule has 0 spiro atoms. The first-order valence-corrected chi connectivity index (χ1v) is 1.73. The van der Waals surface area contributed by atoms with Crippen LogP contribution in [0.1, 0.15) is 0 Å². The number of hydrogen-bond acceptors (Lipinski definition) is 2. The molecule has 0 amide bonds. The van der Waals surface area contributed by atoms with Gasteiger partial charge >= 0.3 is 49.1 Å². The van der Waals surface area contributed by atoms with Crippen molar-refractivity contribution in [2.45, 2.75) is 0 Å². The van der Waals surface area contributed by atoms with Crippen LogP contribution in [-0.2, 0) is 13.5 Å². The van der Waals surface area contributed by atoms with Crippen molar-refractivity contribution in [2.24, 2.45) is 0 Å². The minimum atomic E-state index is -0.833. The first kappa shape index (κ1) is 15.8. The molecule has 0 heterocycles. The Kier molecular flexibility index (Phi) is 24.5. The molecular weight excluding hydrogens is 224 g/mol. The minimum absolute atomic E-state index is 0. The molecule has 37 valence electrons. The molecule has 0 rings (SSSR count). The second-order valence-electron chi connectivity index (χ2n) is 0.305. The van der Waals surface area contributed by atoms with Crippen LogP contribution in [0, 0.1) is 0 Å². The quantitative estimate of drug-likeness (QED) is 0.308. The van der Waals surface area contributed by atoms with E-state index in [0.29, 0.717) is 0 Å². The SMILES string of the molecule is O=C(O)[AsH].[GeH2].[SH-]. The fourth-order valence-corrected chi connectivity index (χ4v) is 0. The Morgan fingerprint density at radius 3 is 1.67 bits per heavy atom. The Balaban J connectivity index is -0.0000000450. The number of hydrogen-bond donors (Lipinski definition) is 1.